The maximum atomic E-state index is 5.99. The van der Waals surface area contributed by atoms with Crippen LogP contribution >= 0.6 is 24.0 Å². The van der Waals surface area contributed by atoms with Crippen LogP contribution in [-0.4, -0.2) is 43.2 Å². The van der Waals surface area contributed by atoms with E-state index in [2.05, 4.69) is 70.5 Å². The lowest BCUT2D eigenvalue weighted by Gasteiger charge is -2.18. The van der Waals surface area contributed by atoms with Crippen molar-refractivity contribution >= 4 is 35.8 Å². The largest absolute Gasteiger partial charge is 0.489 e. The summed E-state index contributed by atoms with van der Waals surface area (Å²) in [5.74, 6) is 2.75. The number of nitrogens with one attached hydrogen (secondary N) is 2. The van der Waals surface area contributed by atoms with Gasteiger partial charge in [0, 0.05) is 25.8 Å². The number of nitrogens with zero attached hydrogens (tertiary/aromatic N) is 3. The predicted octanol–water partition coefficient (Wildman–Crippen LogP) is 4.13. The number of aryl methyl sites for hydroxylation is 1. The molecule has 1 aliphatic heterocycles. The monoisotopic (exact) mass is 523 g/mol. The Morgan fingerprint density at radius 3 is 2.67 bits per heavy atom. The first-order chi connectivity index (χ1) is 14.1. The van der Waals surface area contributed by atoms with Gasteiger partial charge in [-0.05, 0) is 62.9 Å². The van der Waals surface area contributed by atoms with E-state index in [1.165, 1.54) is 18.4 Å². The average Bonchev–Trinajstić information content (AvgIpc) is 3.25. The number of pyridine rings is 1. The molecule has 1 fully saturated rings. The molecule has 0 spiro atoms. The van der Waals surface area contributed by atoms with Gasteiger partial charge in [0.05, 0.1) is 13.1 Å². The molecule has 0 saturated carbocycles. The maximum absolute atomic E-state index is 5.99. The van der Waals surface area contributed by atoms with Crippen molar-refractivity contribution in [1.82, 2.24) is 15.6 Å². The van der Waals surface area contributed by atoms with Crippen molar-refractivity contribution in [2.24, 2.45) is 4.99 Å². The van der Waals surface area contributed by atoms with Crippen LogP contribution in [0, 0.1) is 6.92 Å². The van der Waals surface area contributed by atoms with Crippen molar-refractivity contribution < 1.29 is 4.74 Å². The Bertz CT molecular complexity index is 790. The summed E-state index contributed by atoms with van der Waals surface area (Å²) < 4.78 is 5.99. The number of halogens is 1. The second-order valence-corrected chi connectivity index (χ2v) is 7.54. The summed E-state index contributed by atoms with van der Waals surface area (Å²) in [5, 5.41) is 6.66. The first-order valence-electron chi connectivity index (χ1n) is 10.6. The molecule has 1 atom stereocenters. The lowest BCUT2D eigenvalue weighted by Crippen LogP contribution is -2.41. The van der Waals surface area contributed by atoms with Crippen LogP contribution in [0.2, 0.25) is 0 Å². The Balaban J connectivity index is 0.00000320. The lowest BCUT2D eigenvalue weighted by molar-refractivity contribution is 0.223. The minimum atomic E-state index is 0. The Morgan fingerprint density at radius 1 is 1.20 bits per heavy atom. The molecule has 0 amide bonds. The van der Waals surface area contributed by atoms with Gasteiger partial charge < -0.3 is 20.3 Å². The number of guanidine groups is 1. The van der Waals surface area contributed by atoms with Gasteiger partial charge in [-0.25, -0.2) is 9.98 Å². The Labute approximate surface area is 197 Å². The zero-order valence-corrected chi connectivity index (χ0v) is 20.6. The summed E-state index contributed by atoms with van der Waals surface area (Å²) >= 11 is 0. The fraction of sp³-hybridized carbons (Fsp3) is 0.478. The van der Waals surface area contributed by atoms with Gasteiger partial charge in [0.1, 0.15) is 17.7 Å². The molecule has 1 unspecified atom stereocenters. The normalized spacial score (nSPS) is 14.8. The van der Waals surface area contributed by atoms with Gasteiger partial charge in [0.2, 0.25) is 0 Å². The van der Waals surface area contributed by atoms with E-state index in [9.17, 15) is 0 Å². The van der Waals surface area contributed by atoms with Gasteiger partial charge in [0.25, 0.3) is 0 Å². The molecular weight excluding hydrogens is 489 g/mol. The molecule has 164 valence electrons. The molecule has 0 bridgehead atoms. The van der Waals surface area contributed by atoms with E-state index in [1.54, 1.807) is 0 Å². The van der Waals surface area contributed by atoms with E-state index >= 15 is 0 Å². The van der Waals surface area contributed by atoms with Gasteiger partial charge in [-0.2, -0.15) is 0 Å². The maximum Gasteiger partial charge on any atom is 0.191 e. The van der Waals surface area contributed by atoms with Crippen molar-refractivity contribution in [3.05, 3.63) is 53.7 Å². The molecule has 1 saturated heterocycles. The highest BCUT2D eigenvalue weighted by Gasteiger charge is 2.13. The molecule has 2 N–H and O–H groups in total. The standard InChI is InChI=1S/C23H33N5O.HI/c1-4-24-23(26-15-19(3)29-21-9-7-8-18(2)14-21)27-17-20-10-11-22(25-16-20)28-12-5-6-13-28;/h7-11,14,16,19H,4-6,12-13,15,17H2,1-3H3,(H2,24,26,27);1H. The molecule has 3 rings (SSSR count). The fourth-order valence-corrected chi connectivity index (χ4v) is 3.36. The molecule has 6 nitrogen and oxygen atoms in total. The summed E-state index contributed by atoms with van der Waals surface area (Å²) in [4.78, 5) is 11.6. The van der Waals surface area contributed by atoms with Crippen molar-refractivity contribution in [3.8, 4) is 5.75 Å². The van der Waals surface area contributed by atoms with Crippen LogP contribution in [0.25, 0.3) is 0 Å². The summed E-state index contributed by atoms with van der Waals surface area (Å²) in [6.07, 6.45) is 4.49. The number of benzene rings is 1. The first-order valence-corrected chi connectivity index (χ1v) is 10.6. The summed E-state index contributed by atoms with van der Waals surface area (Å²) in [6.45, 7) is 10.5. The van der Waals surface area contributed by atoms with Gasteiger partial charge >= 0.3 is 0 Å². The second-order valence-electron chi connectivity index (χ2n) is 7.54. The highest BCUT2D eigenvalue weighted by atomic mass is 127. The first kappa shape index (κ1) is 24.2. The molecule has 7 heteroatoms. The minimum Gasteiger partial charge on any atom is -0.489 e. The van der Waals surface area contributed by atoms with Crippen molar-refractivity contribution in [3.63, 3.8) is 0 Å². The zero-order valence-electron chi connectivity index (χ0n) is 18.2. The van der Waals surface area contributed by atoms with Crippen LogP contribution in [0.15, 0.2) is 47.6 Å². The van der Waals surface area contributed by atoms with Crippen LogP contribution in [0.5, 0.6) is 5.75 Å². The number of aliphatic imine (C=N–C) groups is 1. The van der Waals surface area contributed by atoms with E-state index in [1.807, 2.05) is 18.3 Å². The molecule has 0 radical (unpaired) electrons. The summed E-state index contributed by atoms with van der Waals surface area (Å²) in [6, 6.07) is 12.3. The van der Waals surface area contributed by atoms with E-state index < -0.39 is 0 Å². The number of ether oxygens (including phenoxy) is 1. The van der Waals surface area contributed by atoms with Crippen molar-refractivity contribution in [2.75, 3.05) is 31.1 Å². The van der Waals surface area contributed by atoms with Gasteiger partial charge in [-0.15, -0.1) is 24.0 Å². The van der Waals surface area contributed by atoms with Crippen molar-refractivity contribution in [2.45, 2.75) is 46.3 Å². The quantitative estimate of drug-likeness (QED) is 0.310. The smallest absolute Gasteiger partial charge is 0.191 e. The second kappa shape index (κ2) is 12.6. The highest BCUT2D eigenvalue weighted by molar-refractivity contribution is 14.0. The van der Waals surface area contributed by atoms with E-state index in [0.717, 1.165) is 42.7 Å². The molecule has 2 aromatic rings. The Kier molecular flexibility index (Phi) is 10.2. The summed E-state index contributed by atoms with van der Waals surface area (Å²) in [7, 11) is 0. The van der Waals surface area contributed by atoms with E-state index in [-0.39, 0.29) is 30.1 Å². The van der Waals surface area contributed by atoms with E-state index in [4.69, 9.17) is 4.74 Å². The molecule has 30 heavy (non-hydrogen) atoms. The molecule has 1 aliphatic rings. The van der Waals surface area contributed by atoms with Crippen molar-refractivity contribution in [1.29, 1.82) is 0 Å². The van der Waals surface area contributed by atoms with Crippen LogP contribution in [0.3, 0.4) is 0 Å². The average molecular weight is 523 g/mol. The third kappa shape index (κ3) is 7.66. The third-order valence-electron chi connectivity index (χ3n) is 4.89. The predicted molar refractivity (Wildman–Crippen MR) is 135 cm³/mol. The Morgan fingerprint density at radius 2 is 2.00 bits per heavy atom. The molecule has 2 heterocycles. The third-order valence-corrected chi connectivity index (χ3v) is 4.89. The highest BCUT2D eigenvalue weighted by Crippen LogP contribution is 2.18. The molecule has 0 aliphatic carbocycles. The number of aromatic nitrogens is 1. The SMILES string of the molecule is CCNC(=NCc1ccc(N2CCCC2)nc1)NCC(C)Oc1cccc(C)c1.I. The molecular formula is C23H34IN5O. The van der Waals surface area contributed by atoms with Gasteiger partial charge in [0.15, 0.2) is 5.96 Å². The van der Waals surface area contributed by atoms with Crippen LogP contribution < -0.4 is 20.3 Å². The topological polar surface area (TPSA) is 61.8 Å². The Hall–Kier alpha value is -2.03. The fourth-order valence-electron chi connectivity index (χ4n) is 3.36. The number of hydrogen-bond donors (Lipinski definition) is 2. The number of hydrogen-bond acceptors (Lipinski definition) is 4. The minimum absolute atomic E-state index is 0. The molecule has 1 aromatic carbocycles. The van der Waals surface area contributed by atoms with Crippen LogP contribution in [-0.2, 0) is 6.54 Å². The lowest BCUT2D eigenvalue weighted by atomic mass is 10.2. The summed E-state index contributed by atoms with van der Waals surface area (Å²) in [5.41, 5.74) is 2.30. The molecule has 1 aromatic heterocycles. The van der Waals surface area contributed by atoms with E-state index in [0.29, 0.717) is 13.1 Å². The van der Waals surface area contributed by atoms with Gasteiger partial charge in [-0.3, -0.25) is 0 Å². The van der Waals surface area contributed by atoms with Crippen LogP contribution in [0.1, 0.15) is 37.8 Å². The van der Waals surface area contributed by atoms with Crippen LogP contribution in [0.4, 0.5) is 5.82 Å². The zero-order chi connectivity index (χ0) is 20.5. The number of anilines is 1. The number of rotatable bonds is 8. The van der Waals surface area contributed by atoms with Gasteiger partial charge in [-0.1, -0.05) is 18.2 Å².